The number of hydrogen-bond donors (Lipinski definition) is 3. The van der Waals surface area contributed by atoms with Crippen molar-refractivity contribution in [2.45, 2.75) is 426 Å². The zero-order chi connectivity index (χ0) is 71.4. The van der Waals surface area contributed by atoms with E-state index in [0.29, 0.717) is 25.7 Å². The Hall–Kier alpha value is -1.94. The quantitative estimate of drug-likeness (QED) is 0.0222. The molecule has 0 aromatic carbocycles. The van der Waals surface area contributed by atoms with Crippen molar-refractivity contribution in [2.24, 2.45) is 11.8 Å². The molecule has 0 amide bonds. The van der Waals surface area contributed by atoms with Crippen molar-refractivity contribution in [2.75, 3.05) is 39.6 Å². The zero-order valence-corrected chi connectivity index (χ0v) is 65.2. The number of ether oxygens (including phenoxy) is 4. The minimum Gasteiger partial charge on any atom is -0.462 e. The fourth-order valence-electron chi connectivity index (χ4n) is 12.0. The van der Waals surface area contributed by atoms with Crippen LogP contribution in [0.15, 0.2) is 0 Å². The molecule has 0 aromatic rings. The smallest absolute Gasteiger partial charge is 0.462 e. The molecule has 5 atom stereocenters. The molecule has 97 heavy (non-hydrogen) atoms. The van der Waals surface area contributed by atoms with Gasteiger partial charge < -0.3 is 33.8 Å². The number of rotatable bonds is 77. The Bertz CT molecular complexity index is 1870. The maximum absolute atomic E-state index is 13.1. The van der Waals surface area contributed by atoms with Crippen molar-refractivity contribution >= 4 is 39.5 Å². The van der Waals surface area contributed by atoms with Gasteiger partial charge in [0.2, 0.25) is 0 Å². The molecule has 17 nitrogen and oxygen atoms in total. The first kappa shape index (κ1) is 95.1. The third-order valence-electron chi connectivity index (χ3n) is 18.2. The molecule has 0 spiro atoms. The van der Waals surface area contributed by atoms with Crippen molar-refractivity contribution in [1.82, 2.24) is 0 Å². The molecule has 0 aliphatic rings. The van der Waals surface area contributed by atoms with Gasteiger partial charge in [-0.05, 0) is 37.5 Å². The first-order valence-electron chi connectivity index (χ1n) is 40.5. The lowest BCUT2D eigenvalue weighted by atomic mass is 10.0. The van der Waals surface area contributed by atoms with Gasteiger partial charge in [0.05, 0.1) is 26.4 Å². The van der Waals surface area contributed by atoms with E-state index in [1.165, 1.54) is 225 Å². The molecule has 0 aliphatic heterocycles. The van der Waals surface area contributed by atoms with Crippen LogP contribution in [0.4, 0.5) is 0 Å². The molecule has 19 heteroatoms. The monoisotopic (exact) mass is 1420 g/mol. The number of phosphoric ester groups is 2. The number of esters is 4. The SMILES string of the molecule is CCCCCCCCCCCCCCCCCCC(=O)O[C@H](COC(=O)CCCCCCCCCCCCCCC(C)C)COP(=O)(O)OC[C@@H](O)COP(=O)(O)OC[C@@H](COC(=O)CCCCCCCCCCCC(C)C)OC(=O)CCCCCCCCCCCCCCCC. The molecule has 0 saturated carbocycles. The van der Waals surface area contributed by atoms with E-state index in [-0.39, 0.29) is 25.7 Å². The third-order valence-corrected chi connectivity index (χ3v) is 20.1. The summed E-state index contributed by atoms with van der Waals surface area (Å²) in [6.07, 6.45) is 58.1. The van der Waals surface area contributed by atoms with Gasteiger partial charge in [0.15, 0.2) is 12.2 Å². The molecule has 0 fully saturated rings. The lowest BCUT2D eigenvalue weighted by Crippen LogP contribution is -2.30. The summed E-state index contributed by atoms with van der Waals surface area (Å²) in [6.45, 7) is 9.62. The fourth-order valence-corrected chi connectivity index (χ4v) is 13.6. The fraction of sp³-hybridized carbons (Fsp3) is 0.949. The molecule has 0 bridgehead atoms. The highest BCUT2D eigenvalue weighted by Gasteiger charge is 2.30. The Morgan fingerprint density at radius 1 is 0.278 bits per heavy atom. The second-order valence-corrected chi connectivity index (χ2v) is 32.0. The van der Waals surface area contributed by atoms with Gasteiger partial charge in [-0.1, -0.05) is 356 Å². The van der Waals surface area contributed by atoms with Crippen LogP contribution in [0.5, 0.6) is 0 Å². The van der Waals surface area contributed by atoms with E-state index in [1.54, 1.807) is 0 Å². The normalized spacial score (nSPS) is 14.0. The minimum atomic E-state index is -4.96. The van der Waals surface area contributed by atoms with Crippen LogP contribution in [0, 0.1) is 11.8 Å². The van der Waals surface area contributed by atoms with Gasteiger partial charge in [-0.3, -0.25) is 37.3 Å². The van der Waals surface area contributed by atoms with Gasteiger partial charge in [0.1, 0.15) is 19.3 Å². The first-order chi connectivity index (χ1) is 46.9. The Morgan fingerprint density at radius 2 is 0.474 bits per heavy atom. The highest BCUT2D eigenvalue weighted by Crippen LogP contribution is 2.45. The zero-order valence-electron chi connectivity index (χ0n) is 63.4. The lowest BCUT2D eigenvalue weighted by molar-refractivity contribution is -0.161. The molecule has 0 rings (SSSR count). The van der Waals surface area contributed by atoms with Crippen LogP contribution in [0.3, 0.4) is 0 Å². The molecular formula is C78H152O17P2. The van der Waals surface area contributed by atoms with Crippen molar-refractivity contribution < 1.29 is 80.2 Å². The van der Waals surface area contributed by atoms with Crippen LogP contribution in [0.2, 0.25) is 0 Å². The Balaban J connectivity index is 5.27. The molecule has 0 aromatic heterocycles. The van der Waals surface area contributed by atoms with Crippen LogP contribution in [-0.4, -0.2) is 96.7 Å². The van der Waals surface area contributed by atoms with Crippen LogP contribution in [0.25, 0.3) is 0 Å². The standard InChI is InChI=1S/C78H152O17P2/c1-7-9-11-13-15-17-19-21-23-24-26-32-38-45-51-57-63-78(83)94-73(66-88-75(80)60-54-48-42-36-30-28-27-29-34-40-46-52-58-70(3)4)68-92-96(84,85)90-64-72(79)65-91-97(86,87)93-69-74(67-89-76(81)61-55-49-43-39-33-35-41-47-53-59-71(5)6)95-77(82)62-56-50-44-37-31-25-22-20-18-16-14-12-10-8-2/h70-74,79H,7-69H2,1-6H3,(H,84,85)(H,86,87)/t72-,73-,74-/m1/s1. The van der Waals surface area contributed by atoms with Gasteiger partial charge >= 0.3 is 39.5 Å². The molecule has 0 aliphatic carbocycles. The predicted molar refractivity (Wildman–Crippen MR) is 395 cm³/mol. The number of unbranched alkanes of at least 4 members (excludes halogenated alkanes) is 47. The molecular weight excluding hydrogens is 1270 g/mol. The van der Waals surface area contributed by atoms with E-state index in [0.717, 1.165) is 102 Å². The average Bonchev–Trinajstić information content (AvgIpc) is 1.18. The second kappa shape index (κ2) is 69.8. The highest BCUT2D eigenvalue weighted by atomic mass is 31.2. The molecule has 576 valence electrons. The summed E-state index contributed by atoms with van der Waals surface area (Å²) in [5, 5.41) is 10.6. The predicted octanol–water partition coefficient (Wildman–Crippen LogP) is 23.1. The number of carbonyl (C=O) groups is 4. The maximum atomic E-state index is 13.1. The summed E-state index contributed by atoms with van der Waals surface area (Å²) in [6, 6.07) is 0. The van der Waals surface area contributed by atoms with Gasteiger partial charge in [-0.25, -0.2) is 9.13 Å². The lowest BCUT2D eigenvalue weighted by Gasteiger charge is -2.21. The summed E-state index contributed by atoms with van der Waals surface area (Å²) >= 11 is 0. The topological polar surface area (TPSA) is 237 Å². The van der Waals surface area contributed by atoms with Crippen LogP contribution in [0.1, 0.15) is 408 Å². The minimum absolute atomic E-state index is 0.108. The number of phosphoric acid groups is 2. The summed E-state index contributed by atoms with van der Waals surface area (Å²) in [7, 11) is -9.92. The van der Waals surface area contributed by atoms with Crippen LogP contribution >= 0.6 is 15.6 Å². The number of aliphatic hydroxyl groups excluding tert-OH is 1. The highest BCUT2D eigenvalue weighted by molar-refractivity contribution is 7.47. The van der Waals surface area contributed by atoms with Crippen molar-refractivity contribution in [3.63, 3.8) is 0 Å². The number of hydrogen-bond acceptors (Lipinski definition) is 15. The number of aliphatic hydroxyl groups is 1. The van der Waals surface area contributed by atoms with Gasteiger partial charge in [-0.2, -0.15) is 0 Å². The van der Waals surface area contributed by atoms with Crippen molar-refractivity contribution in [3.05, 3.63) is 0 Å². The summed E-state index contributed by atoms with van der Waals surface area (Å²) < 4.78 is 68.6. The Kier molecular flexibility index (Phi) is 68.4. The van der Waals surface area contributed by atoms with E-state index in [9.17, 15) is 43.2 Å². The second-order valence-electron chi connectivity index (χ2n) is 29.1. The van der Waals surface area contributed by atoms with Gasteiger partial charge in [0, 0.05) is 25.7 Å². The van der Waals surface area contributed by atoms with Crippen molar-refractivity contribution in [3.8, 4) is 0 Å². The summed E-state index contributed by atoms with van der Waals surface area (Å²) in [5.74, 6) is -0.584. The maximum Gasteiger partial charge on any atom is 0.472 e. The van der Waals surface area contributed by atoms with E-state index in [4.69, 9.17) is 37.0 Å². The molecule has 2 unspecified atom stereocenters. The average molecular weight is 1420 g/mol. The number of carbonyl (C=O) groups excluding carboxylic acids is 4. The first-order valence-corrected chi connectivity index (χ1v) is 43.5. The van der Waals surface area contributed by atoms with E-state index in [1.807, 2.05) is 0 Å². The Labute approximate surface area is 594 Å². The van der Waals surface area contributed by atoms with E-state index >= 15 is 0 Å². The molecule has 3 N–H and O–H groups in total. The summed E-state index contributed by atoms with van der Waals surface area (Å²) in [4.78, 5) is 72.9. The van der Waals surface area contributed by atoms with E-state index < -0.39 is 97.5 Å². The Morgan fingerprint density at radius 3 is 0.701 bits per heavy atom. The third kappa shape index (κ3) is 72.2. The summed E-state index contributed by atoms with van der Waals surface area (Å²) in [5.41, 5.74) is 0. The van der Waals surface area contributed by atoms with Gasteiger partial charge in [-0.15, -0.1) is 0 Å². The van der Waals surface area contributed by atoms with Gasteiger partial charge in [0.25, 0.3) is 0 Å². The van der Waals surface area contributed by atoms with Crippen LogP contribution < -0.4 is 0 Å². The molecule has 0 heterocycles. The largest absolute Gasteiger partial charge is 0.472 e. The molecule has 0 radical (unpaired) electrons. The van der Waals surface area contributed by atoms with Crippen LogP contribution in [-0.2, 0) is 65.4 Å². The molecule has 0 saturated heterocycles. The van der Waals surface area contributed by atoms with Crippen molar-refractivity contribution in [1.29, 1.82) is 0 Å². The van der Waals surface area contributed by atoms with E-state index in [2.05, 4.69) is 41.5 Å².